The van der Waals surface area contributed by atoms with Crippen molar-refractivity contribution in [3.8, 4) is 0 Å². The summed E-state index contributed by atoms with van der Waals surface area (Å²) < 4.78 is 18.1. The summed E-state index contributed by atoms with van der Waals surface area (Å²) in [5, 5.41) is 12.2. The molecule has 22 heavy (non-hydrogen) atoms. The first-order valence-electron chi connectivity index (χ1n) is 8.21. The first-order valence-corrected chi connectivity index (χ1v) is 11.9. The summed E-state index contributed by atoms with van der Waals surface area (Å²) in [4.78, 5) is 5.65. The molecule has 0 aromatic carbocycles. The molecule has 0 radical (unpaired) electrons. The molecule has 6 nitrogen and oxygen atoms in total. The minimum atomic E-state index is -1.15. The van der Waals surface area contributed by atoms with Gasteiger partial charge in [-0.3, -0.25) is 4.84 Å². The molecule has 3 rings (SSSR count). The van der Waals surface area contributed by atoms with Crippen molar-refractivity contribution in [1.82, 2.24) is 5.06 Å². The molecular weight excluding hydrogens is 302 g/mol. The Kier molecular flexibility index (Phi) is 4.44. The van der Waals surface area contributed by atoms with Crippen molar-refractivity contribution in [2.75, 3.05) is 19.8 Å². The summed E-state index contributed by atoms with van der Waals surface area (Å²) in [6.07, 6.45) is -1.03. The van der Waals surface area contributed by atoms with Crippen LogP contribution in [0.2, 0.25) is 25.7 Å². The number of aliphatic hydroxyl groups excluding tert-OH is 1. The van der Waals surface area contributed by atoms with E-state index in [-0.39, 0.29) is 31.0 Å². The van der Waals surface area contributed by atoms with Crippen LogP contribution in [-0.4, -0.2) is 74.2 Å². The van der Waals surface area contributed by atoms with Crippen molar-refractivity contribution in [2.45, 2.75) is 75.8 Å². The molecule has 0 amide bonds. The highest BCUT2D eigenvalue weighted by Gasteiger charge is 2.58. The first kappa shape index (κ1) is 16.8. The molecule has 1 N–H and O–H groups in total. The lowest BCUT2D eigenvalue weighted by atomic mass is 9.99. The Hall–Kier alpha value is -0.0231. The van der Waals surface area contributed by atoms with E-state index in [2.05, 4.69) is 19.6 Å². The molecule has 0 unspecified atom stereocenters. The second-order valence-corrected chi connectivity index (χ2v) is 13.9. The second-order valence-electron chi connectivity index (χ2n) is 8.24. The summed E-state index contributed by atoms with van der Waals surface area (Å²) in [5.74, 6) is -0.577. The standard InChI is InChI=1S/C15H29NO5Si/c1-15(2)20-11-8-16-12(14(11)21-15)13(10(17)9-19-16)18-6-7-22(3,4)5/h10-14,17H,6-9H2,1-5H3/t10-,11+,12-,13+,14+/m1/s1. The summed E-state index contributed by atoms with van der Waals surface area (Å²) in [6.45, 7) is 12.5. The zero-order chi connectivity index (χ0) is 16.1. The highest BCUT2D eigenvalue weighted by atomic mass is 28.3. The molecule has 7 heteroatoms. The van der Waals surface area contributed by atoms with Crippen molar-refractivity contribution in [3.63, 3.8) is 0 Å². The molecule has 5 atom stereocenters. The normalized spacial score (nSPS) is 41.5. The summed E-state index contributed by atoms with van der Waals surface area (Å²) >= 11 is 0. The van der Waals surface area contributed by atoms with E-state index in [4.69, 9.17) is 19.0 Å². The Balaban J connectivity index is 1.68. The van der Waals surface area contributed by atoms with Crippen LogP contribution in [0.25, 0.3) is 0 Å². The van der Waals surface area contributed by atoms with E-state index in [0.29, 0.717) is 13.2 Å². The van der Waals surface area contributed by atoms with Gasteiger partial charge in [-0.05, 0) is 19.9 Å². The molecule has 0 aromatic heterocycles. The van der Waals surface area contributed by atoms with E-state index >= 15 is 0 Å². The third kappa shape index (κ3) is 3.40. The molecule has 3 fully saturated rings. The van der Waals surface area contributed by atoms with Crippen LogP contribution in [0.15, 0.2) is 0 Å². The van der Waals surface area contributed by atoms with Crippen molar-refractivity contribution < 1.29 is 24.2 Å². The van der Waals surface area contributed by atoms with Gasteiger partial charge in [-0.15, -0.1) is 0 Å². The summed E-state index contributed by atoms with van der Waals surface area (Å²) in [6, 6.07) is 0.984. The Morgan fingerprint density at radius 2 is 2.00 bits per heavy atom. The molecular formula is C15H29NO5Si. The number of hydrogen-bond acceptors (Lipinski definition) is 6. The Bertz CT molecular complexity index is 413. The molecule has 0 spiro atoms. The van der Waals surface area contributed by atoms with E-state index < -0.39 is 20.0 Å². The smallest absolute Gasteiger partial charge is 0.163 e. The Labute approximate surface area is 133 Å². The van der Waals surface area contributed by atoms with Crippen LogP contribution in [0.5, 0.6) is 0 Å². The molecule has 128 valence electrons. The second kappa shape index (κ2) is 5.80. The summed E-state index contributed by atoms with van der Waals surface area (Å²) in [5.41, 5.74) is 0. The molecule has 0 saturated carbocycles. The average molecular weight is 331 g/mol. The van der Waals surface area contributed by atoms with Gasteiger partial charge < -0.3 is 19.3 Å². The number of hydrogen-bond donors (Lipinski definition) is 1. The maximum absolute atomic E-state index is 10.3. The van der Waals surface area contributed by atoms with E-state index in [1.165, 1.54) is 0 Å². The van der Waals surface area contributed by atoms with Gasteiger partial charge in [0.15, 0.2) is 5.79 Å². The van der Waals surface area contributed by atoms with Gasteiger partial charge in [0, 0.05) is 14.7 Å². The third-order valence-corrected chi connectivity index (χ3v) is 6.24. The predicted molar refractivity (Wildman–Crippen MR) is 84.2 cm³/mol. The molecule has 3 saturated heterocycles. The number of aliphatic hydroxyl groups is 1. The topological polar surface area (TPSA) is 60.4 Å². The number of hydroxylamine groups is 2. The van der Waals surface area contributed by atoms with Gasteiger partial charge in [-0.1, -0.05) is 19.6 Å². The van der Waals surface area contributed by atoms with Gasteiger partial charge in [0.25, 0.3) is 0 Å². The fourth-order valence-corrected chi connectivity index (χ4v) is 4.18. The quantitative estimate of drug-likeness (QED) is 0.782. The van der Waals surface area contributed by atoms with Crippen LogP contribution >= 0.6 is 0 Å². The largest absolute Gasteiger partial charge is 0.388 e. The third-order valence-electron chi connectivity index (χ3n) is 4.54. The molecule has 3 aliphatic heterocycles. The van der Waals surface area contributed by atoms with Crippen LogP contribution in [0.3, 0.4) is 0 Å². The van der Waals surface area contributed by atoms with Crippen LogP contribution in [-0.2, 0) is 19.0 Å². The van der Waals surface area contributed by atoms with Crippen LogP contribution < -0.4 is 0 Å². The monoisotopic (exact) mass is 331 g/mol. The number of ether oxygens (including phenoxy) is 3. The molecule has 3 aliphatic rings. The van der Waals surface area contributed by atoms with E-state index in [0.717, 1.165) is 6.04 Å². The van der Waals surface area contributed by atoms with Gasteiger partial charge >= 0.3 is 0 Å². The zero-order valence-electron chi connectivity index (χ0n) is 14.2. The minimum Gasteiger partial charge on any atom is -0.388 e. The van der Waals surface area contributed by atoms with Crippen molar-refractivity contribution >= 4 is 8.07 Å². The maximum Gasteiger partial charge on any atom is 0.163 e. The van der Waals surface area contributed by atoms with Gasteiger partial charge in [0.1, 0.15) is 24.4 Å². The highest BCUT2D eigenvalue weighted by Crippen LogP contribution is 2.40. The Morgan fingerprint density at radius 1 is 1.27 bits per heavy atom. The van der Waals surface area contributed by atoms with Crippen LogP contribution in [0.4, 0.5) is 0 Å². The minimum absolute atomic E-state index is 0.0200. The van der Waals surface area contributed by atoms with E-state index in [1.807, 2.05) is 18.9 Å². The number of nitrogens with zero attached hydrogens (tertiary/aromatic N) is 1. The molecule has 0 aromatic rings. The predicted octanol–water partition coefficient (Wildman–Crippen LogP) is 1.22. The SMILES string of the molecule is CC1(C)O[C@@H]2[C@H]3[C@@H](OCC[Si](C)(C)C)[C@H](O)CON3C[C@@H]2O1. The zero-order valence-corrected chi connectivity index (χ0v) is 15.2. The van der Waals surface area contributed by atoms with Crippen molar-refractivity contribution in [3.05, 3.63) is 0 Å². The van der Waals surface area contributed by atoms with Crippen molar-refractivity contribution in [2.24, 2.45) is 0 Å². The first-order chi connectivity index (χ1) is 10.2. The molecule has 0 bridgehead atoms. The average Bonchev–Trinajstić information content (AvgIpc) is 2.82. The lowest BCUT2D eigenvalue weighted by Crippen LogP contribution is -2.58. The van der Waals surface area contributed by atoms with E-state index in [1.54, 1.807) is 0 Å². The maximum atomic E-state index is 10.3. The highest BCUT2D eigenvalue weighted by molar-refractivity contribution is 6.76. The van der Waals surface area contributed by atoms with Crippen molar-refractivity contribution in [1.29, 1.82) is 0 Å². The van der Waals surface area contributed by atoms with Gasteiger partial charge in [-0.2, -0.15) is 5.06 Å². The fraction of sp³-hybridized carbons (Fsp3) is 1.00. The molecule has 0 aliphatic carbocycles. The Morgan fingerprint density at radius 3 is 2.68 bits per heavy atom. The van der Waals surface area contributed by atoms with Gasteiger partial charge in [0.2, 0.25) is 0 Å². The van der Waals surface area contributed by atoms with Crippen LogP contribution in [0, 0.1) is 0 Å². The van der Waals surface area contributed by atoms with Gasteiger partial charge in [-0.25, -0.2) is 0 Å². The number of rotatable bonds is 4. The number of fused-ring (bicyclic) bond motifs is 3. The fourth-order valence-electron chi connectivity index (χ4n) is 3.45. The molecule has 3 heterocycles. The van der Waals surface area contributed by atoms with Crippen LogP contribution in [0.1, 0.15) is 13.8 Å². The lowest BCUT2D eigenvalue weighted by molar-refractivity contribution is -0.290. The van der Waals surface area contributed by atoms with E-state index in [9.17, 15) is 5.11 Å². The van der Waals surface area contributed by atoms with Gasteiger partial charge in [0.05, 0.1) is 19.2 Å². The summed E-state index contributed by atoms with van der Waals surface area (Å²) in [7, 11) is -1.15. The lowest BCUT2D eigenvalue weighted by Gasteiger charge is -2.41.